The number of aromatic amines is 1. The molecule has 1 aromatic carbocycles. The number of aryl methyl sites for hydroxylation is 1. The van der Waals surface area contributed by atoms with Gasteiger partial charge in [-0.15, -0.1) is 0 Å². The lowest BCUT2D eigenvalue weighted by Gasteiger charge is -2.12. The van der Waals surface area contributed by atoms with Crippen LogP contribution in [0, 0.1) is 0 Å². The summed E-state index contributed by atoms with van der Waals surface area (Å²) in [5.41, 5.74) is 0.669. The summed E-state index contributed by atoms with van der Waals surface area (Å²) < 4.78 is 1.21. The zero-order valence-electron chi connectivity index (χ0n) is 9.74. The van der Waals surface area contributed by atoms with E-state index in [1.54, 1.807) is 0 Å². The molecular formula is C13H14N2O3. The van der Waals surface area contributed by atoms with Crippen molar-refractivity contribution < 1.29 is 9.90 Å². The Kier molecular flexibility index (Phi) is 3.62. The summed E-state index contributed by atoms with van der Waals surface area (Å²) >= 11 is 0. The Bertz CT molecular complexity index is 571. The van der Waals surface area contributed by atoms with Gasteiger partial charge >= 0.3 is 11.7 Å². The van der Waals surface area contributed by atoms with Crippen molar-refractivity contribution in [1.82, 2.24) is 9.55 Å². The van der Waals surface area contributed by atoms with Crippen LogP contribution < -0.4 is 5.69 Å². The average molecular weight is 246 g/mol. The van der Waals surface area contributed by atoms with Gasteiger partial charge in [-0.05, 0) is 18.4 Å². The topological polar surface area (TPSA) is 75.1 Å². The number of carboxylic acids is 1. The van der Waals surface area contributed by atoms with E-state index in [9.17, 15) is 14.7 Å². The van der Waals surface area contributed by atoms with E-state index < -0.39 is 17.7 Å². The molecule has 5 nitrogen and oxygen atoms in total. The quantitative estimate of drug-likeness (QED) is 0.838. The first-order valence-electron chi connectivity index (χ1n) is 5.71. The molecule has 18 heavy (non-hydrogen) atoms. The van der Waals surface area contributed by atoms with Crippen molar-refractivity contribution in [3.05, 3.63) is 58.8 Å². The summed E-state index contributed by atoms with van der Waals surface area (Å²) in [6.45, 7) is 0. The lowest BCUT2D eigenvalue weighted by molar-refractivity contribution is -0.141. The number of H-pyrrole nitrogens is 1. The normalized spacial score (nSPS) is 12.2. The van der Waals surface area contributed by atoms with Crippen LogP contribution in [0.25, 0.3) is 0 Å². The maximum absolute atomic E-state index is 11.4. The Morgan fingerprint density at radius 1 is 1.33 bits per heavy atom. The van der Waals surface area contributed by atoms with Crippen LogP contribution in [0.3, 0.4) is 0 Å². The highest BCUT2D eigenvalue weighted by Crippen LogP contribution is 2.13. The van der Waals surface area contributed by atoms with Gasteiger partial charge in [-0.1, -0.05) is 30.3 Å². The fraction of sp³-hybridized carbons (Fsp3) is 0.231. The van der Waals surface area contributed by atoms with E-state index in [0.29, 0.717) is 12.8 Å². The van der Waals surface area contributed by atoms with Crippen LogP contribution in [0.15, 0.2) is 47.5 Å². The van der Waals surface area contributed by atoms with E-state index in [2.05, 4.69) is 4.98 Å². The van der Waals surface area contributed by atoms with E-state index in [0.717, 1.165) is 5.56 Å². The summed E-state index contributed by atoms with van der Waals surface area (Å²) in [4.78, 5) is 25.1. The molecule has 2 rings (SSSR count). The highest BCUT2D eigenvalue weighted by atomic mass is 16.4. The predicted octanol–water partition coefficient (Wildman–Crippen LogP) is 1.43. The largest absolute Gasteiger partial charge is 0.480 e. The molecule has 2 aromatic rings. The Labute approximate surface area is 104 Å². The summed E-state index contributed by atoms with van der Waals surface area (Å²) in [6.07, 6.45) is 3.92. The van der Waals surface area contributed by atoms with Gasteiger partial charge in [-0.25, -0.2) is 9.59 Å². The molecule has 2 N–H and O–H groups in total. The van der Waals surface area contributed by atoms with Gasteiger partial charge < -0.3 is 10.1 Å². The smallest absolute Gasteiger partial charge is 0.326 e. The second-order valence-electron chi connectivity index (χ2n) is 4.05. The minimum atomic E-state index is -0.993. The number of nitrogens with one attached hydrogen (secondary N) is 1. The number of hydrogen-bond acceptors (Lipinski definition) is 2. The standard InChI is InChI=1S/C13H14N2O3/c16-12(17)11(15-9-8-14-13(15)18)7-6-10-4-2-1-3-5-10/h1-5,8-9,11H,6-7H2,(H,14,18)(H,16,17). The number of hydrogen-bond donors (Lipinski definition) is 2. The molecule has 0 amide bonds. The molecule has 0 radical (unpaired) electrons. The van der Waals surface area contributed by atoms with Crippen molar-refractivity contribution in [2.24, 2.45) is 0 Å². The molecule has 0 bridgehead atoms. The van der Waals surface area contributed by atoms with Crippen LogP contribution in [0.4, 0.5) is 0 Å². The number of aromatic nitrogens is 2. The summed E-state index contributed by atoms with van der Waals surface area (Å²) in [5, 5.41) is 9.17. The molecule has 0 spiro atoms. The van der Waals surface area contributed by atoms with Crippen LogP contribution in [0.1, 0.15) is 18.0 Å². The SMILES string of the molecule is O=C(O)C(CCc1ccccc1)n1cc[nH]c1=O. The maximum atomic E-state index is 11.4. The molecule has 1 heterocycles. The molecule has 94 valence electrons. The van der Waals surface area contributed by atoms with Crippen molar-refractivity contribution in [3.8, 4) is 0 Å². The van der Waals surface area contributed by atoms with E-state index >= 15 is 0 Å². The van der Waals surface area contributed by atoms with Gasteiger partial charge in [0, 0.05) is 12.4 Å². The number of aliphatic carboxylic acids is 1. The van der Waals surface area contributed by atoms with E-state index in [1.807, 2.05) is 30.3 Å². The third-order valence-electron chi connectivity index (χ3n) is 2.85. The number of carboxylic acid groups (broad SMARTS) is 1. The van der Waals surface area contributed by atoms with Crippen molar-refractivity contribution in [1.29, 1.82) is 0 Å². The summed E-state index contributed by atoms with van der Waals surface area (Å²) in [6, 6.07) is 8.79. The van der Waals surface area contributed by atoms with Gasteiger partial charge in [0.15, 0.2) is 0 Å². The predicted molar refractivity (Wildman–Crippen MR) is 66.5 cm³/mol. The Hall–Kier alpha value is -2.30. The molecule has 5 heteroatoms. The number of imidazole rings is 1. The van der Waals surface area contributed by atoms with E-state index in [4.69, 9.17) is 0 Å². The highest BCUT2D eigenvalue weighted by molar-refractivity contribution is 5.71. The first-order chi connectivity index (χ1) is 8.68. The second-order valence-corrected chi connectivity index (χ2v) is 4.05. The maximum Gasteiger partial charge on any atom is 0.326 e. The van der Waals surface area contributed by atoms with E-state index in [1.165, 1.54) is 17.0 Å². The third-order valence-corrected chi connectivity index (χ3v) is 2.85. The van der Waals surface area contributed by atoms with Gasteiger partial charge in [-0.3, -0.25) is 4.57 Å². The van der Waals surface area contributed by atoms with Crippen molar-refractivity contribution >= 4 is 5.97 Å². The molecule has 0 aliphatic heterocycles. The first kappa shape index (κ1) is 12.2. The Morgan fingerprint density at radius 2 is 2.06 bits per heavy atom. The van der Waals surface area contributed by atoms with Crippen molar-refractivity contribution in [2.45, 2.75) is 18.9 Å². The lowest BCUT2D eigenvalue weighted by atomic mass is 10.1. The molecule has 0 saturated heterocycles. The molecule has 0 saturated carbocycles. The van der Waals surface area contributed by atoms with Crippen LogP contribution in [-0.2, 0) is 11.2 Å². The molecule has 0 fully saturated rings. The van der Waals surface area contributed by atoms with Gasteiger partial charge in [0.1, 0.15) is 6.04 Å². The zero-order valence-corrected chi connectivity index (χ0v) is 9.74. The lowest BCUT2D eigenvalue weighted by Crippen LogP contribution is -2.28. The van der Waals surface area contributed by atoms with Gasteiger partial charge in [0.2, 0.25) is 0 Å². The highest BCUT2D eigenvalue weighted by Gasteiger charge is 2.20. The fourth-order valence-corrected chi connectivity index (χ4v) is 1.91. The molecule has 1 atom stereocenters. The fourth-order valence-electron chi connectivity index (χ4n) is 1.91. The van der Waals surface area contributed by atoms with Crippen LogP contribution in [0.5, 0.6) is 0 Å². The summed E-state index contributed by atoms with van der Waals surface area (Å²) in [7, 11) is 0. The van der Waals surface area contributed by atoms with Crippen LogP contribution in [0.2, 0.25) is 0 Å². The number of benzene rings is 1. The van der Waals surface area contributed by atoms with Gasteiger partial charge in [0.25, 0.3) is 0 Å². The number of nitrogens with zero attached hydrogens (tertiary/aromatic N) is 1. The number of rotatable bonds is 5. The third kappa shape index (κ3) is 2.68. The van der Waals surface area contributed by atoms with Crippen LogP contribution in [-0.4, -0.2) is 20.6 Å². The van der Waals surface area contributed by atoms with Gasteiger partial charge in [-0.2, -0.15) is 0 Å². The monoisotopic (exact) mass is 246 g/mol. The molecule has 0 aliphatic carbocycles. The Balaban J connectivity index is 2.11. The van der Waals surface area contributed by atoms with E-state index in [-0.39, 0.29) is 0 Å². The first-order valence-corrected chi connectivity index (χ1v) is 5.71. The molecule has 1 unspecified atom stereocenters. The molecule has 0 aliphatic rings. The number of carbonyl (C=O) groups is 1. The van der Waals surface area contributed by atoms with Gasteiger partial charge in [0.05, 0.1) is 0 Å². The molecule has 1 aromatic heterocycles. The second kappa shape index (κ2) is 5.35. The average Bonchev–Trinajstić information content (AvgIpc) is 2.77. The minimum Gasteiger partial charge on any atom is -0.480 e. The minimum absolute atomic E-state index is 0.386. The van der Waals surface area contributed by atoms with Crippen LogP contribution >= 0.6 is 0 Å². The van der Waals surface area contributed by atoms with Crippen molar-refractivity contribution in [2.75, 3.05) is 0 Å². The zero-order chi connectivity index (χ0) is 13.0. The summed E-state index contributed by atoms with van der Waals surface area (Å²) in [5.74, 6) is -0.993. The molecular weight excluding hydrogens is 232 g/mol. The Morgan fingerprint density at radius 3 is 2.61 bits per heavy atom. The van der Waals surface area contributed by atoms with Crippen molar-refractivity contribution in [3.63, 3.8) is 0 Å².